The molecule has 2 atom stereocenters. The molecule has 0 saturated heterocycles. The summed E-state index contributed by atoms with van der Waals surface area (Å²) in [5.74, 6) is 0. The van der Waals surface area contributed by atoms with Crippen LogP contribution in [0.2, 0.25) is 5.54 Å². The van der Waals surface area contributed by atoms with Crippen molar-refractivity contribution in [1.82, 2.24) is 0 Å². The van der Waals surface area contributed by atoms with Gasteiger partial charge in [-0.1, -0.05) is 39.5 Å². The quantitative estimate of drug-likeness (QED) is 0.383. The molecule has 0 heterocycles. The molecule has 1 saturated carbocycles. The van der Waals surface area contributed by atoms with E-state index in [4.69, 9.17) is 23.4 Å². The van der Waals surface area contributed by atoms with Crippen LogP contribution in [0.3, 0.4) is 0 Å². The minimum absolute atomic E-state index is 0.00706. The van der Waals surface area contributed by atoms with Gasteiger partial charge in [-0.2, -0.15) is 0 Å². The molecule has 132 valence electrons. The number of rotatable bonds is 13. The smallest absolute Gasteiger partial charge is 0.262 e. The Labute approximate surface area is 137 Å². The van der Waals surface area contributed by atoms with Gasteiger partial charge in [0.2, 0.25) is 0 Å². The van der Waals surface area contributed by atoms with Gasteiger partial charge in [0.15, 0.2) is 9.76 Å². The first-order chi connectivity index (χ1) is 10.7. The Morgan fingerprint density at radius 1 is 0.909 bits per heavy atom. The average Bonchev–Trinajstić information content (AvgIpc) is 3.04. The molecule has 1 aliphatic carbocycles. The number of hydrogen-bond donors (Lipinski definition) is 0. The lowest BCUT2D eigenvalue weighted by molar-refractivity contribution is -0.293. The predicted molar refractivity (Wildman–Crippen MR) is 89.7 cm³/mol. The van der Waals surface area contributed by atoms with E-state index < -0.39 is 16.2 Å². The second kappa shape index (κ2) is 12.4. The Kier molecular flexibility index (Phi) is 11.3. The Bertz CT molecular complexity index is 245. The lowest BCUT2D eigenvalue weighted by atomic mass is 10.3. The van der Waals surface area contributed by atoms with Crippen LogP contribution in [0.5, 0.6) is 0 Å². The van der Waals surface area contributed by atoms with E-state index in [9.17, 15) is 0 Å². The van der Waals surface area contributed by atoms with Gasteiger partial charge < -0.3 is 23.4 Å². The molecule has 0 aromatic carbocycles. The highest BCUT2D eigenvalue weighted by Gasteiger charge is 2.23. The van der Waals surface area contributed by atoms with Crippen molar-refractivity contribution in [2.24, 2.45) is 0 Å². The summed E-state index contributed by atoms with van der Waals surface area (Å²) in [4.78, 5) is 0. The molecule has 1 fully saturated rings. The van der Waals surface area contributed by atoms with Crippen LogP contribution in [0.1, 0.15) is 52.4 Å². The van der Waals surface area contributed by atoms with E-state index in [2.05, 4.69) is 13.8 Å². The molecule has 22 heavy (non-hydrogen) atoms. The van der Waals surface area contributed by atoms with E-state index in [0.29, 0.717) is 13.2 Å². The van der Waals surface area contributed by atoms with Gasteiger partial charge in [0, 0.05) is 14.2 Å². The van der Waals surface area contributed by atoms with Crippen molar-refractivity contribution in [3.05, 3.63) is 0 Å². The van der Waals surface area contributed by atoms with Gasteiger partial charge in [-0.15, -0.1) is 0 Å². The monoisotopic (exact) mass is 334 g/mol. The summed E-state index contributed by atoms with van der Waals surface area (Å²) in [6.45, 7) is 4.72. The van der Waals surface area contributed by atoms with Gasteiger partial charge in [0.05, 0.1) is 25.4 Å². The van der Waals surface area contributed by atoms with Gasteiger partial charge >= 0.3 is 0 Å². The molecule has 0 aromatic heterocycles. The molecule has 0 amide bonds. The van der Waals surface area contributed by atoms with Gasteiger partial charge in [-0.3, -0.25) is 0 Å². The summed E-state index contributed by atoms with van der Waals surface area (Å²) in [5.41, 5.74) is 0.778. The van der Waals surface area contributed by atoms with Crippen LogP contribution in [-0.4, -0.2) is 55.9 Å². The van der Waals surface area contributed by atoms with Crippen LogP contribution in [0, 0.1) is 0 Å². The Morgan fingerprint density at radius 3 is 1.82 bits per heavy atom. The van der Waals surface area contributed by atoms with Crippen molar-refractivity contribution in [1.29, 1.82) is 0 Å². The van der Waals surface area contributed by atoms with Crippen LogP contribution in [0.25, 0.3) is 0 Å². The first-order valence-corrected chi connectivity index (χ1v) is 10.0. The maximum atomic E-state index is 6.07. The van der Waals surface area contributed by atoms with E-state index in [1.807, 2.05) is 0 Å². The third-order valence-corrected chi connectivity index (χ3v) is 5.92. The number of methoxy groups -OCH3 is 2. The third-order valence-electron chi connectivity index (χ3n) is 4.17. The standard InChI is InChI=1S/C16H34O5Si/c1-5-13(11-17-3)19-16(20-14(6-2)12-18-4)21-22-15-9-7-8-10-15/h13-16H,5-12,22H2,1-4H3. The van der Waals surface area contributed by atoms with Gasteiger partial charge in [-0.25, -0.2) is 0 Å². The van der Waals surface area contributed by atoms with E-state index in [-0.39, 0.29) is 12.2 Å². The lowest BCUT2D eigenvalue weighted by Gasteiger charge is -2.28. The second-order valence-corrected chi connectivity index (χ2v) is 7.84. The van der Waals surface area contributed by atoms with E-state index in [1.54, 1.807) is 14.2 Å². The summed E-state index contributed by atoms with van der Waals surface area (Å²) < 4.78 is 28.4. The highest BCUT2D eigenvalue weighted by molar-refractivity contribution is 6.29. The molecule has 2 unspecified atom stereocenters. The van der Waals surface area contributed by atoms with Crippen molar-refractivity contribution in [3.8, 4) is 0 Å². The topological polar surface area (TPSA) is 46.2 Å². The molecule has 0 aromatic rings. The molecule has 0 bridgehead atoms. The van der Waals surface area contributed by atoms with Crippen molar-refractivity contribution in [3.63, 3.8) is 0 Å². The van der Waals surface area contributed by atoms with E-state index in [0.717, 1.165) is 18.4 Å². The summed E-state index contributed by atoms with van der Waals surface area (Å²) in [5, 5.41) is 0. The Balaban J connectivity index is 2.49. The molecule has 1 aliphatic rings. The predicted octanol–water partition coefficient (Wildman–Crippen LogP) is 2.62. The van der Waals surface area contributed by atoms with Crippen molar-refractivity contribution < 1.29 is 23.4 Å². The molecule has 0 N–H and O–H groups in total. The molecule has 0 aliphatic heterocycles. The van der Waals surface area contributed by atoms with Gasteiger partial charge in [0.25, 0.3) is 6.48 Å². The zero-order valence-electron chi connectivity index (χ0n) is 14.7. The molecular formula is C16H34O5Si. The van der Waals surface area contributed by atoms with Gasteiger partial charge in [0.1, 0.15) is 0 Å². The maximum absolute atomic E-state index is 6.07. The van der Waals surface area contributed by atoms with Crippen LogP contribution in [-0.2, 0) is 23.4 Å². The van der Waals surface area contributed by atoms with Crippen molar-refractivity contribution >= 4 is 9.76 Å². The van der Waals surface area contributed by atoms with Gasteiger partial charge in [-0.05, 0) is 18.4 Å². The van der Waals surface area contributed by atoms with Crippen LogP contribution < -0.4 is 0 Å². The largest absolute Gasteiger partial charge is 0.382 e. The fourth-order valence-corrected chi connectivity index (χ4v) is 4.19. The highest BCUT2D eigenvalue weighted by atomic mass is 28.2. The zero-order chi connectivity index (χ0) is 16.2. The summed E-state index contributed by atoms with van der Waals surface area (Å²) in [6.07, 6.45) is 7.07. The van der Waals surface area contributed by atoms with E-state index >= 15 is 0 Å². The Morgan fingerprint density at radius 2 is 1.41 bits per heavy atom. The first-order valence-electron chi connectivity index (χ1n) is 8.63. The molecule has 5 nitrogen and oxygen atoms in total. The van der Waals surface area contributed by atoms with Crippen LogP contribution >= 0.6 is 0 Å². The van der Waals surface area contributed by atoms with Crippen molar-refractivity contribution in [2.75, 3.05) is 27.4 Å². The lowest BCUT2D eigenvalue weighted by Crippen LogP contribution is -2.35. The maximum Gasteiger partial charge on any atom is 0.262 e. The molecule has 6 heteroatoms. The highest BCUT2D eigenvalue weighted by Crippen LogP contribution is 2.29. The zero-order valence-corrected chi connectivity index (χ0v) is 16.1. The molecule has 1 rings (SSSR count). The first kappa shape index (κ1) is 20.1. The summed E-state index contributed by atoms with van der Waals surface area (Å²) in [7, 11) is 2.76. The van der Waals surface area contributed by atoms with Crippen molar-refractivity contribution in [2.45, 2.75) is 76.6 Å². The minimum Gasteiger partial charge on any atom is -0.382 e. The molecule has 0 spiro atoms. The fraction of sp³-hybridized carbons (Fsp3) is 1.00. The minimum atomic E-state index is -0.620. The SMILES string of the molecule is CCC(COC)OC(O[SiH2]C1CCCC1)OC(CC)COC. The average molecular weight is 335 g/mol. The third kappa shape index (κ3) is 8.03. The molecule has 0 radical (unpaired) electrons. The van der Waals surface area contributed by atoms with E-state index in [1.165, 1.54) is 25.7 Å². The fourth-order valence-electron chi connectivity index (χ4n) is 2.70. The van der Waals surface area contributed by atoms with Crippen LogP contribution in [0.4, 0.5) is 0 Å². The summed E-state index contributed by atoms with van der Waals surface area (Å²) >= 11 is 0. The van der Waals surface area contributed by atoms with Crippen LogP contribution in [0.15, 0.2) is 0 Å². The normalized spacial score (nSPS) is 20.7. The number of hydrogen-bond acceptors (Lipinski definition) is 5. The summed E-state index contributed by atoms with van der Waals surface area (Å²) in [6, 6.07) is 0. The number of ether oxygens (including phenoxy) is 4. The second-order valence-electron chi connectivity index (χ2n) is 6.02. The molecular weight excluding hydrogens is 300 g/mol. The Hall–Kier alpha value is 0.0169.